The molecule has 0 unspecified atom stereocenters. The second kappa shape index (κ2) is 38.9. The molecule has 0 bridgehead atoms. The standard InChI is InChI=1S/4C17H13N5.2F6P.2Fe/c4*1-3-8-14(9-4-1)19-21-16-12-7-13-17(18-16)22-20-15-10-5-2-6-11-15;2*1-7(2,3,4,5)6;;/h4*1-13H;;;;/q;;;;2*-1;;. The van der Waals surface area contributed by atoms with Crippen LogP contribution in [-0.4, -0.2) is 19.9 Å². The Labute approximate surface area is 606 Å². The van der Waals surface area contributed by atoms with Crippen LogP contribution in [0.25, 0.3) is 0 Å². The molecule has 0 spiro atoms. The van der Waals surface area contributed by atoms with Crippen molar-refractivity contribution in [1.29, 1.82) is 0 Å². The van der Waals surface area contributed by atoms with Gasteiger partial charge in [-0.25, -0.2) is 19.9 Å². The maximum absolute atomic E-state index is 10.7. The van der Waals surface area contributed by atoms with Gasteiger partial charge in [0.25, 0.3) is 0 Å². The average Bonchev–Trinajstić information content (AvgIpc) is 0.799. The molecular formula is C68H52F12Fe2N20P2-2. The summed E-state index contributed by atoms with van der Waals surface area (Å²) in [6.45, 7) is 0. The Morgan fingerprint density at radius 2 is 0.240 bits per heavy atom. The zero-order valence-corrected chi connectivity index (χ0v) is 57.1. The van der Waals surface area contributed by atoms with Crippen molar-refractivity contribution in [2.45, 2.75) is 0 Å². The number of hydrogen-bond acceptors (Lipinski definition) is 20. The smallest absolute Gasteiger partial charge is 0.176 e. The first-order valence-electron chi connectivity index (χ1n) is 29.3. The van der Waals surface area contributed by atoms with Gasteiger partial charge in [-0.2, -0.15) is 0 Å². The van der Waals surface area contributed by atoms with Crippen molar-refractivity contribution in [3.63, 3.8) is 0 Å². The minimum Gasteiger partial charge on any atom is -0.206 e. The average molecular weight is 1550 g/mol. The van der Waals surface area contributed by atoms with Crippen molar-refractivity contribution >= 4 is 108 Å². The fourth-order valence-electron chi connectivity index (χ4n) is 6.92. The van der Waals surface area contributed by atoms with Gasteiger partial charge in [0.2, 0.25) is 0 Å². The van der Waals surface area contributed by atoms with Crippen LogP contribution in [0.15, 0.2) is 397 Å². The Morgan fingerprint density at radius 3 is 0.337 bits per heavy atom. The van der Waals surface area contributed by atoms with Crippen LogP contribution in [0.4, 0.5) is 142 Å². The summed E-state index contributed by atoms with van der Waals surface area (Å²) in [5.41, 5.74) is 6.23. The fraction of sp³-hybridized carbons (Fsp3) is 0. The normalized spacial score (nSPS) is 12.7. The van der Waals surface area contributed by atoms with E-state index >= 15 is 0 Å². The summed E-state index contributed by atoms with van der Waals surface area (Å²) in [5, 5.41) is 65.8. The molecule has 4 aromatic heterocycles. The van der Waals surface area contributed by atoms with Crippen LogP contribution < -0.4 is 0 Å². The summed E-state index contributed by atoms with van der Waals surface area (Å²) < 4.78 is 118. The van der Waals surface area contributed by atoms with E-state index < -0.39 is 15.6 Å². The Kier molecular flexibility index (Phi) is 31.0. The van der Waals surface area contributed by atoms with Crippen molar-refractivity contribution in [2.75, 3.05) is 0 Å². The van der Waals surface area contributed by atoms with Gasteiger partial charge < -0.3 is 0 Å². The number of hydrogen-bond donors (Lipinski definition) is 0. The van der Waals surface area contributed by atoms with Crippen LogP contribution in [0.5, 0.6) is 0 Å². The third kappa shape index (κ3) is 41.1. The summed E-state index contributed by atoms with van der Waals surface area (Å²) in [6, 6.07) is 97.5. The largest absolute Gasteiger partial charge is 0.206 e. The predicted octanol–water partition coefficient (Wildman–Crippen LogP) is 30.4. The first-order valence-corrected chi connectivity index (χ1v) is 33.3. The van der Waals surface area contributed by atoms with Crippen LogP contribution in [0.3, 0.4) is 0 Å². The first-order chi connectivity index (χ1) is 48.5. The van der Waals surface area contributed by atoms with Gasteiger partial charge in [0.1, 0.15) is 0 Å². The number of pyridine rings is 4. The number of azo groups is 8. The SMILES string of the molecule is F[P-](F)(F)(F)(F)F.F[P-](F)(F)(F)(F)F.[Fe].[Fe].c1ccc(N=Nc2cccc(N=Nc3ccccc3)n2)cc1.c1ccc(N=Nc2cccc(N=Nc3ccccc3)n2)cc1.c1ccc(N=Nc2cccc(N=Nc3ccccc3)n2)cc1.c1ccc(N=Nc2cccc(N=Nc3ccccc3)n2)cc1. The van der Waals surface area contributed by atoms with Gasteiger partial charge in [0.05, 0.1) is 45.5 Å². The van der Waals surface area contributed by atoms with Gasteiger partial charge in [-0.05, 0) is 146 Å². The molecule has 0 aliphatic carbocycles. The number of rotatable bonds is 16. The zero-order valence-electron chi connectivity index (χ0n) is 53.1. The Morgan fingerprint density at radius 1 is 0.144 bits per heavy atom. The van der Waals surface area contributed by atoms with E-state index in [4.69, 9.17) is 0 Å². The van der Waals surface area contributed by atoms with Gasteiger partial charge in [-0.15, -0.1) is 81.8 Å². The van der Waals surface area contributed by atoms with Gasteiger partial charge in [0, 0.05) is 34.1 Å². The van der Waals surface area contributed by atoms with Gasteiger partial charge >= 0.3 is 66.0 Å². The fourth-order valence-corrected chi connectivity index (χ4v) is 6.92. The molecule has 0 radical (unpaired) electrons. The molecule has 0 aliphatic rings. The predicted molar refractivity (Wildman–Crippen MR) is 369 cm³/mol. The van der Waals surface area contributed by atoms with Gasteiger partial charge in [-0.1, -0.05) is 170 Å². The molecule has 4 heterocycles. The quantitative estimate of drug-likeness (QED) is 0.0396. The van der Waals surface area contributed by atoms with E-state index in [0.29, 0.717) is 46.5 Å². The van der Waals surface area contributed by atoms with Crippen molar-refractivity contribution < 1.29 is 84.5 Å². The molecule has 0 fully saturated rings. The summed E-state index contributed by atoms with van der Waals surface area (Å²) in [4.78, 5) is 17.1. The molecule has 36 heteroatoms. The van der Waals surface area contributed by atoms with Crippen molar-refractivity contribution in [3.05, 3.63) is 315 Å². The molecule has 536 valence electrons. The van der Waals surface area contributed by atoms with Crippen LogP contribution in [0.1, 0.15) is 0 Å². The van der Waals surface area contributed by atoms with E-state index in [2.05, 4.69) is 102 Å². The Balaban J connectivity index is 0.000000233. The Hall–Kier alpha value is -11.8. The molecule has 104 heavy (non-hydrogen) atoms. The third-order valence-electron chi connectivity index (χ3n) is 11.1. The molecule has 12 aromatic rings. The molecule has 0 aliphatic heterocycles. The van der Waals surface area contributed by atoms with Crippen molar-refractivity contribution in [3.8, 4) is 0 Å². The van der Waals surface area contributed by atoms with E-state index in [1.165, 1.54) is 0 Å². The molecular weight excluding hydrogens is 1500 g/mol. The van der Waals surface area contributed by atoms with Crippen LogP contribution >= 0.6 is 15.6 Å². The molecule has 12 rings (SSSR count). The monoisotopic (exact) mass is 1550 g/mol. The van der Waals surface area contributed by atoms with Gasteiger partial charge in [-0.3, -0.25) is 0 Å². The van der Waals surface area contributed by atoms with E-state index in [-0.39, 0.29) is 34.1 Å². The minimum atomic E-state index is -10.7. The zero-order chi connectivity index (χ0) is 73.0. The maximum Gasteiger partial charge on any atom is 0.176 e. The third-order valence-corrected chi connectivity index (χ3v) is 11.1. The summed E-state index contributed by atoms with van der Waals surface area (Å²) >= 11 is 0. The molecule has 8 aromatic carbocycles. The second-order valence-corrected chi connectivity index (χ2v) is 23.5. The molecule has 0 N–H and O–H groups in total. The topological polar surface area (TPSA) is 249 Å². The van der Waals surface area contributed by atoms with E-state index in [1.807, 2.05) is 267 Å². The van der Waals surface area contributed by atoms with Crippen LogP contribution in [-0.2, 0) is 34.1 Å². The minimum absolute atomic E-state index is 0. The first kappa shape index (κ1) is 82.9. The summed E-state index contributed by atoms with van der Waals surface area (Å²) in [7, 11) is -21.3. The van der Waals surface area contributed by atoms with E-state index in [1.54, 1.807) is 48.5 Å². The van der Waals surface area contributed by atoms with Gasteiger partial charge in [0.15, 0.2) is 46.5 Å². The maximum atomic E-state index is 9.87. The number of nitrogens with zero attached hydrogens (tertiary/aromatic N) is 20. The van der Waals surface area contributed by atoms with E-state index in [9.17, 15) is 50.4 Å². The van der Waals surface area contributed by atoms with Crippen molar-refractivity contribution in [1.82, 2.24) is 19.9 Å². The summed E-state index contributed by atoms with van der Waals surface area (Å²) in [6.07, 6.45) is 0. The van der Waals surface area contributed by atoms with Crippen LogP contribution in [0, 0.1) is 0 Å². The molecule has 0 saturated heterocycles. The molecule has 0 saturated carbocycles. The van der Waals surface area contributed by atoms with Crippen molar-refractivity contribution in [2.24, 2.45) is 81.8 Å². The summed E-state index contributed by atoms with van der Waals surface area (Å²) in [5.74, 6) is 3.95. The molecule has 0 atom stereocenters. The second-order valence-electron chi connectivity index (χ2n) is 19.6. The number of benzene rings is 8. The Bertz CT molecular complexity index is 3940. The number of halogens is 12. The van der Waals surface area contributed by atoms with E-state index in [0.717, 1.165) is 45.5 Å². The molecule has 0 amide bonds. The number of aromatic nitrogens is 4. The van der Waals surface area contributed by atoms with Crippen LogP contribution in [0.2, 0.25) is 0 Å². The molecule has 20 nitrogen and oxygen atoms in total.